The van der Waals surface area contributed by atoms with E-state index in [9.17, 15) is 9.59 Å². The van der Waals surface area contributed by atoms with Gasteiger partial charge < -0.3 is 15.5 Å². The van der Waals surface area contributed by atoms with Gasteiger partial charge in [0, 0.05) is 6.54 Å². The Kier molecular flexibility index (Phi) is 5.87. The van der Waals surface area contributed by atoms with Crippen molar-refractivity contribution in [1.82, 2.24) is 5.32 Å². The molecule has 0 radical (unpaired) electrons. The van der Waals surface area contributed by atoms with Crippen LogP contribution in [0.2, 0.25) is 0 Å². The van der Waals surface area contributed by atoms with E-state index in [0.29, 0.717) is 0 Å². The molecule has 0 unspecified atom stereocenters. The molecule has 5 nitrogen and oxygen atoms in total. The van der Waals surface area contributed by atoms with Gasteiger partial charge >= 0.3 is 11.9 Å². The molecular weight excluding hydrogens is 186 g/mol. The van der Waals surface area contributed by atoms with Gasteiger partial charge in [-0.2, -0.15) is 0 Å². The van der Waals surface area contributed by atoms with Crippen LogP contribution in [0.5, 0.6) is 0 Å². The Morgan fingerprint density at radius 2 is 1.93 bits per heavy atom. The van der Waals surface area contributed by atoms with Gasteiger partial charge in [0.1, 0.15) is 6.04 Å². The second kappa shape index (κ2) is 6.37. The Balaban J connectivity index is 3.98. The fourth-order valence-corrected chi connectivity index (χ4v) is 1.10. The first-order valence-electron chi connectivity index (χ1n) is 4.67. The van der Waals surface area contributed by atoms with E-state index in [1.807, 2.05) is 13.8 Å². The topological polar surface area (TPSA) is 86.6 Å². The highest BCUT2D eigenvalue weighted by atomic mass is 16.4. The standard InChI is InChI=1S/C9H17NO4/c1-3-6(2)8(9(13)14)10-5-4-7(11)12/h6,8,10H,3-5H2,1-2H3,(H,11,12)(H,13,14)/t6-,8-/m0/s1. The zero-order valence-electron chi connectivity index (χ0n) is 8.49. The first-order valence-corrected chi connectivity index (χ1v) is 4.67. The van der Waals surface area contributed by atoms with Crippen LogP contribution in [0.3, 0.4) is 0 Å². The molecule has 0 fully saturated rings. The molecule has 0 aliphatic carbocycles. The van der Waals surface area contributed by atoms with Crippen LogP contribution in [-0.2, 0) is 9.59 Å². The van der Waals surface area contributed by atoms with Crippen molar-refractivity contribution in [3.05, 3.63) is 0 Å². The number of hydrogen-bond acceptors (Lipinski definition) is 3. The van der Waals surface area contributed by atoms with E-state index >= 15 is 0 Å². The van der Waals surface area contributed by atoms with Crippen molar-refractivity contribution in [2.24, 2.45) is 5.92 Å². The molecular formula is C9H17NO4. The lowest BCUT2D eigenvalue weighted by Crippen LogP contribution is -2.42. The molecule has 0 aromatic heterocycles. The first kappa shape index (κ1) is 12.9. The molecule has 82 valence electrons. The molecule has 0 rings (SSSR count). The smallest absolute Gasteiger partial charge is 0.320 e. The second-order valence-electron chi connectivity index (χ2n) is 3.30. The summed E-state index contributed by atoms with van der Waals surface area (Å²) in [6.07, 6.45) is 0.692. The van der Waals surface area contributed by atoms with Crippen molar-refractivity contribution >= 4 is 11.9 Å². The number of carboxylic acid groups (broad SMARTS) is 2. The SMILES string of the molecule is CC[C@H](C)[C@H](NCCC(=O)O)C(=O)O. The third kappa shape index (κ3) is 4.81. The van der Waals surface area contributed by atoms with Crippen LogP contribution < -0.4 is 5.32 Å². The molecule has 0 aliphatic rings. The first-order chi connectivity index (χ1) is 6.49. The summed E-state index contributed by atoms with van der Waals surface area (Å²) in [6, 6.07) is -0.653. The van der Waals surface area contributed by atoms with Crippen LogP contribution in [-0.4, -0.2) is 34.7 Å². The minimum absolute atomic E-state index is 0.00120. The molecule has 5 heteroatoms. The summed E-state index contributed by atoms with van der Waals surface area (Å²) in [7, 11) is 0. The van der Waals surface area contributed by atoms with Gasteiger partial charge in [0.05, 0.1) is 6.42 Å². The van der Waals surface area contributed by atoms with Crippen LogP contribution in [0.4, 0.5) is 0 Å². The fraction of sp³-hybridized carbons (Fsp3) is 0.778. The summed E-state index contributed by atoms with van der Waals surface area (Å²) in [6.45, 7) is 3.92. The lowest BCUT2D eigenvalue weighted by Gasteiger charge is -2.19. The largest absolute Gasteiger partial charge is 0.481 e. The summed E-state index contributed by atoms with van der Waals surface area (Å²) >= 11 is 0. The highest BCUT2D eigenvalue weighted by molar-refractivity contribution is 5.74. The molecule has 0 aromatic rings. The Morgan fingerprint density at radius 1 is 1.36 bits per heavy atom. The zero-order valence-corrected chi connectivity index (χ0v) is 8.49. The highest BCUT2D eigenvalue weighted by Crippen LogP contribution is 2.07. The number of carboxylic acids is 2. The molecule has 2 atom stereocenters. The van der Waals surface area contributed by atoms with Crippen molar-refractivity contribution in [2.75, 3.05) is 6.54 Å². The molecule has 0 heterocycles. The number of rotatable bonds is 7. The van der Waals surface area contributed by atoms with Gasteiger partial charge in [-0.1, -0.05) is 20.3 Å². The Bertz CT molecular complexity index is 205. The summed E-state index contributed by atoms with van der Waals surface area (Å²) in [4.78, 5) is 21.0. The van der Waals surface area contributed by atoms with Gasteiger partial charge in [0.25, 0.3) is 0 Å². The van der Waals surface area contributed by atoms with Crippen LogP contribution in [0, 0.1) is 5.92 Å². The Morgan fingerprint density at radius 3 is 2.29 bits per heavy atom. The molecule has 0 amide bonds. The van der Waals surface area contributed by atoms with Gasteiger partial charge in [-0.3, -0.25) is 9.59 Å². The third-order valence-electron chi connectivity index (χ3n) is 2.18. The second-order valence-corrected chi connectivity index (χ2v) is 3.30. The predicted octanol–water partition coefficient (Wildman–Crippen LogP) is 0.550. The Labute approximate surface area is 83.1 Å². The highest BCUT2D eigenvalue weighted by Gasteiger charge is 2.22. The molecule has 0 saturated heterocycles. The van der Waals surface area contributed by atoms with E-state index in [1.54, 1.807) is 0 Å². The minimum atomic E-state index is -0.926. The van der Waals surface area contributed by atoms with Crippen molar-refractivity contribution in [3.8, 4) is 0 Å². The molecule has 0 spiro atoms. The van der Waals surface area contributed by atoms with Crippen LogP contribution >= 0.6 is 0 Å². The van der Waals surface area contributed by atoms with Crippen LogP contribution in [0.15, 0.2) is 0 Å². The molecule has 14 heavy (non-hydrogen) atoms. The van der Waals surface area contributed by atoms with Gasteiger partial charge in [-0.05, 0) is 5.92 Å². The normalized spacial score (nSPS) is 14.7. The summed E-state index contributed by atoms with van der Waals surface area (Å²) in [5.41, 5.74) is 0. The maximum atomic E-state index is 10.8. The summed E-state index contributed by atoms with van der Waals surface area (Å²) in [5, 5.41) is 19.9. The van der Waals surface area contributed by atoms with Crippen molar-refractivity contribution in [1.29, 1.82) is 0 Å². The third-order valence-corrected chi connectivity index (χ3v) is 2.18. The molecule has 0 saturated carbocycles. The molecule has 3 N–H and O–H groups in total. The van der Waals surface area contributed by atoms with Crippen molar-refractivity contribution in [2.45, 2.75) is 32.7 Å². The Hall–Kier alpha value is -1.10. The van der Waals surface area contributed by atoms with Gasteiger partial charge in [-0.25, -0.2) is 0 Å². The van der Waals surface area contributed by atoms with E-state index in [4.69, 9.17) is 10.2 Å². The van der Waals surface area contributed by atoms with E-state index in [2.05, 4.69) is 5.32 Å². The van der Waals surface area contributed by atoms with E-state index in [-0.39, 0.29) is 18.9 Å². The molecule has 0 aliphatic heterocycles. The quantitative estimate of drug-likeness (QED) is 0.562. The average Bonchev–Trinajstić information content (AvgIpc) is 2.10. The van der Waals surface area contributed by atoms with E-state index < -0.39 is 18.0 Å². The van der Waals surface area contributed by atoms with E-state index in [1.165, 1.54) is 0 Å². The lowest BCUT2D eigenvalue weighted by atomic mass is 9.99. The fourth-order valence-electron chi connectivity index (χ4n) is 1.10. The number of nitrogens with one attached hydrogen (secondary N) is 1. The van der Waals surface area contributed by atoms with Crippen LogP contribution in [0.25, 0.3) is 0 Å². The lowest BCUT2D eigenvalue weighted by molar-refractivity contribution is -0.142. The minimum Gasteiger partial charge on any atom is -0.481 e. The number of hydrogen-bond donors (Lipinski definition) is 3. The summed E-state index contributed by atoms with van der Waals surface area (Å²) < 4.78 is 0. The maximum Gasteiger partial charge on any atom is 0.320 e. The zero-order chi connectivity index (χ0) is 11.1. The number of aliphatic carboxylic acids is 2. The van der Waals surface area contributed by atoms with Crippen LogP contribution in [0.1, 0.15) is 26.7 Å². The molecule has 0 bridgehead atoms. The molecule has 0 aromatic carbocycles. The van der Waals surface area contributed by atoms with Gasteiger partial charge in [0.15, 0.2) is 0 Å². The summed E-state index contributed by atoms with van der Waals surface area (Å²) in [5.74, 6) is -1.85. The van der Waals surface area contributed by atoms with E-state index in [0.717, 1.165) is 6.42 Å². The van der Waals surface area contributed by atoms with Gasteiger partial charge in [0.2, 0.25) is 0 Å². The van der Waals surface area contributed by atoms with Crippen molar-refractivity contribution < 1.29 is 19.8 Å². The monoisotopic (exact) mass is 203 g/mol. The van der Waals surface area contributed by atoms with Crippen molar-refractivity contribution in [3.63, 3.8) is 0 Å². The number of carbonyl (C=O) groups is 2. The maximum absolute atomic E-state index is 10.8. The predicted molar refractivity (Wildman–Crippen MR) is 51.1 cm³/mol. The average molecular weight is 203 g/mol. The van der Waals surface area contributed by atoms with Gasteiger partial charge in [-0.15, -0.1) is 0 Å².